The fourth-order valence-electron chi connectivity index (χ4n) is 1.93. The molecule has 2 N–H and O–H groups in total. The summed E-state index contributed by atoms with van der Waals surface area (Å²) in [6, 6.07) is 2.00. The highest BCUT2D eigenvalue weighted by molar-refractivity contribution is 5.79. The molecule has 0 radical (unpaired) electrons. The Morgan fingerprint density at radius 3 is 2.93 bits per heavy atom. The van der Waals surface area contributed by atoms with Crippen molar-refractivity contribution in [3.05, 3.63) is 33.7 Å². The van der Waals surface area contributed by atoms with Gasteiger partial charge >= 0.3 is 0 Å². The molecule has 0 amide bonds. The van der Waals surface area contributed by atoms with Crippen molar-refractivity contribution in [3.8, 4) is 0 Å². The number of aromatic amines is 2. The topological polar surface area (TPSA) is 48.6 Å². The molecule has 2 aromatic heterocycles. The second kappa shape index (κ2) is 2.50. The minimum atomic E-state index is 0.0858. The molecule has 3 heteroatoms. The van der Waals surface area contributed by atoms with Crippen LogP contribution in [0.4, 0.5) is 0 Å². The minimum Gasteiger partial charge on any atom is -0.360 e. The van der Waals surface area contributed by atoms with Crippen molar-refractivity contribution in [3.63, 3.8) is 0 Å². The van der Waals surface area contributed by atoms with Crippen molar-refractivity contribution in [2.75, 3.05) is 0 Å². The lowest BCUT2D eigenvalue weighted by Crippen LogP contribution is -2.10. The average Bonchev–Trinajstić information content (AvgIpc) is 2.94. The lowest BCUT2D eigenvalue weighted by Gasteiger charge is -1.97. The van der Waals surface area contributed by atoms with Gasteiger partial charge in [-0.15, -0.1) is 0 Å². The van der Waals surface area contributed by atoms with Gasteiger partial charge in [0.1, 0.15) is 0 Å². The molecule has 2 aromatic rings. The lowest BCUT2D eigenvalue weighted by atomic mass is 10.1. The molecule has 1 fully saturated rings. The molecule has 0 spiro atoms. The summed E-state index contributed by atoms with van der Waals surface area (Å²) >= 11 is 0. The van der Waals surface area contributed by atoms with Crippen molar-refractivity contribution in [2.45, 2.75) is 25.7 Å². The first-order valence-electron chi connectivity index (χ1n) is 4.96. The standard InChI is InChI=1S/C11H12N2O/c1-6-5-12-9-4-8(7-2-3-7)11(14)13-10(6)9/h4-5,7,12H,2-3H2,1H3,(H,13,14). The summed E-state index contributed by atoms with van der Waals surface area (Å²) in [6.45, 7) is 1.99. The maximum Gasteiger partial charge on any atom is 0.252 e. The zero-order valence-electron chi connectivity index (χ0n) is 8.05. The van der Waals surface area contributed by atoms with Gasteiger partial charge in [0, 0.05) is 11.8 Å². The third kappa shape index (κ3) is 1.02. The van der Waals surface area contributed by atoms with Crippen LogP contribution in [0.2, 0.25) is 0 Å². The smallest absolute Gasteiger partial charge is 0.252 e. The largest absolute Gasteiger partial charge is 0.360 e. The van der Waals surface area contributed by atoms with E-state index in [1.165, 1.54) is 0 Å². The molecule has 0 unspecified atom stereocenters. The second-order valence-corrected chi connectivity index (χ2v) is 4.09. The van der Waals surface area contributed by atoms with Crippen LogP contribution in [-0.2, 0) is 0 Å². The van der Waals surface area contributed by atoms with Gasteiger partial charge in [0.05, 0.1) is 11.0 Å². The van der Waals surface area contributed by atoms with Crippen LogP contribution in [0.15, 0.2) is 17.1 Å². The van der Waals surface area contributed by atoms with Crippen molar-refractivity contribution in [1.82, 2.24) is 9.97 Å². The van der Waals surface area contributed by atoms with E-state index in [9.17, 15) is 4.79 Å². The first-order chi connectivity index (χ1) is 6.75. The van der Waals surface area contributed by atoms with Gasteiger partial charge in [0.15, 0.2) is 0 Å². The van der Waals surface area contributed by atoms with Crippen molar-refractivity contribution >= 4 is 11.0 Å². The van der Waals surface area contributed by atoms with Gasteiger partial charge in [-0.1, -0.05) is 0 Å². The first kappa shape index (κ1) is 7.85. The first-order valence-corrected chi connectivity index (χ1v) is 4.96. The molecule has 14 heavy (non-hydrogen) atoms. The van der Waals surface area contributed by atoms with Crippen LogP contribution in [0.5, 0.6) is 0 Å². The van der Waals surface area contributed by atoms with Crippen molar-refractivity contribution in [2.24, 2.45) is 0 Å². The monoisotopic (exact) mass is 188 g/mol. The van der Waals surface area contributed by atoms with Crippen LogP contribution < -0.4 is 5.56 Å². The van der Waals surface area contributed by atoms with E-state index in [0.717, 1.165) is 35.0 Å². The van der Waals surface area contributed by atoms with Crippen molar-refractivity contribution in [1.29, 1.82) is 0 Å². The van der Waals surface area contributed by atoms with Crippen LogP contribution in [0.25, 0.3) is 11.0 Å². The Morgan fingerprint density at radius 2 is 2.21 bits per heavy atom. The summed E-state index contributed by atoms with van der Waals surface area (Å²) < 4.78 is 0. The number of aromatic nitrogens is 2. The molecule has 0 saturated heterocycles. The summed E-state index contributed by atoms with van der Waals surface area (Å²) in [4.78, 5) is 17.8. The molecule has 1 aliphatic carbocycles. The van der Waals surface area contributed by atoms with E-state index in [4.69, 9.17) is 0 Å². The molecule has 3 nitrogen and oxygen atoms in total. The van der Waals surface area contributed by atoms with Crippen LogP contribution in [0, 0.1) is 6.92 Å². The zero-order chi connectivity index (χ0) is 9.71. The Morgan fingerprint density at radius 1 is 1.43 bits per heavy atom. The van der Waals surface area contributed by atoms with E-state index in [2.05, 4.69) is 9.97 Å². The van der Waals surface area contributed by atoms with E-state index in [1.807, 2.05) is 19.2 Å². The lowest BCUT2D eigenvalue weighted by molar-refractivity contribution is 1.07. The normalized spacial score (nSPS) is 16.4. The molecule has 0 atom stereocenters. The van der Waals surface area contributed by atoms with Crippen LogP contribution in [-0.4, -0.2) is 9.97 Å². The van der Waals surface area contributed by atoms with Gasteiger partial charge < -0.3 is 9.97 Å². The summed E-state index contributed by atoms with van der Waals surface area (Å²) in [6.07, 6.45) is 4.25. The van der Waals surface area contributed by atoms with Gasteiger partial charge in [-0.05, 0) is 37.3 Å². The fraction of sp³-hybridized carbons (Fsp3) is 0.364. The third-order valence-electron chi connectivity index (χ3n) is 2.93. The summed E-state index contributed by atoms with van der Waals surface area (Å²) in [5.41, 5.74) is 4.12. The van der Waals surface area contributed by atoms with Gasteiger partial charge in [0.25, 0.3) is 5.56 Å². The number of nitrogens with one attached hydrogen (secondary N) is 2. The molecular weight excluding hydrogens is 176 g/mol. The Kier molecular flexibility index (Phi) is 1.40. The fourth-order valence-corrected chi connectivity index (χ4v) is 1.93. The number of pyridine rings is 1. The maximum atomic E-state index is 11.7. The Balaban J connectivity index is 2.33. The SMILES string of the molecule is Cc1c[nH]c2cc(C3CC3)c(=O)[nH]c12. The van der Waals surface area contributed by atoms with Crippen molar-refractivity contribution < 1.29 is 0 Å². The van der Waals surface area contributed by atoms with Crippen LogP contribution in [0.1, 0.15) is 29.9 Å². The minimum absolute atomic E-state index is 0.0858. The van der Waals surface area contributed by atoms with Gasteiger partial charge in [0.2, 0.25) is 0 Å². The molecule has 1 saturated carbocycles. The molecule has 2 heterocycles. The number of aryl methyl sites for hydroxylation is 1. The quantitative estimate of drug-likeness (QED) is 0.706. The Labute approximate surface area is 81.2 Å². The van der Waals surface area contributed by atoms with Gasteiger partial charge in [-0.25, -0.2) is 0 Å². The Bertz CT molecular complexity index is 546. The molecule has 72 valence electrons. The molecule has 0 aromatic carbocycles. The predicted molar refractivity (Wildman–Crippen MR) is 55.6 cm³/mol. The molecular formula is C11H12N2O. The van der Waals surface area contributed by atoms with E-state index in [0.29, 0.717) is 5.92 Å². The summed E-state index contributed by atoms with van der Waals surface area (Å²) in [5, 5.41) is 0. The highest BCUT2D eigenvalue weighted by Crippen LogP contribution is 2.38. The van der Waals surface area contributed by atoms with E-state index in [1.54, 1.807) is 0 Å². The van der Waals surface area contributed by atoms with Gasteiger partial charge in [-0.3, -0.25) is 4.79 Å². The molecule has 1 aliphatic rings. The van der Waals surface area contributed by atoms with Gasteiger partial charge in [-0.2, -0.15) is 0 Å². The second-order valence-electron chi connectivity index (χ2n) is 4.09. The molecule has 0 aliphatic heterocycles. The number of hydrogen-bond donors (Lipinski definition) is 2. The summed E-state index contributed by atoms with van der Waals surface area (Å²) in [7, 11) is 0. The third-order valence-corrected chi connectivity index (χ3v) is 2.93. The predicted octanol–water partition coefficient (Wildman–Crippen LogP) is 2.04. The summed E-state index contributed by atoms with van der Waals surface area (Å²) in [5.74, 6) is 0.506. The zero-order valence-corrected chi connectivity index (χ0v) is 8.05. The number of rotatable bonds is 1. The molecule has 3 rings (SSSR count). The van der Waals surface area contributed by atoms with Crippen LogP contribution >= 0.6 is 0 Å². The number of hydrogen-bond acceptors (Lipinski definition) is 1. The van der Waals surface area contributed by atoms with E-state index in [-0.39, 0.29) is 5.56 Å². The number of H-pyrrole nitrogens is 2. The van der Waals surface area contributed by atoms with E-state index < -0.39 is 0 Å². The number of fused-ring (bicyclic) bond motifs is 1. The Hall–Kier alpha value is -1.51. The van der Waals surface area contributed by atoms with E-state index >= 15 is 0 Å². The highest BCUT2D eigenvalue weighted by Gasteiger charge is 2.26. The maximum absolute atomic E-state index is 11.7. The van der Waals surface area contributed by atoms with Crippen LogP contribution in [0.3, 0.4) is 0 Å². The average molecular weight is 188 g/mol. The highest BCUT2D eigenvalue weighted by atomic mass is 16.1. The molecule has 0 bridgehead atoms.